The number of H-pyrrole nitrogens is 1. The summed E-state index contributed by atoms with van der Waals surface area (Å²) >= 11 is 5.97. The molecule has 0 aliphatic carbocycles. The van der Waals surface area contributed by atoms with Crippen LogP contribution in [0, 0.1) is 0 Å². The van der Waals surface area contributed by atoms with Gasteiger partial charge < -0.3 is 19.6 Å². The maximum atomic E-state index is 11.7. The average Bonchev–Trinajstić information content (AvgIpc) is 2.68. The van der Waals surface area contributed by atoms with Crippen LogP contribution in [0.1, 0.15) is 17.3 Å². The van der Waals surface area contributed by atoms with Crippen LogP contribution in [0.5, 0.6) is 5.88 Å². The van der Waals surface area contributed by atoms with Gasteiger partial charge in [-0.25, -0.2) is 9.59 Å². The second-order valence-corrected chi connectivity index (χ2v) is 4.05. The molecule has 0 spiro atoms. The van der Waals surface area contributed by atoms with Crippen LogP contribution in [0.25, 0.3) is 10.9 Å². The van der Waals surface area contributed by atoms with Crippen LogP contribution in [-0.2, 0) is 4.74 Å². The lowest BCUT2D eigenvalue weighted by atomic mass is 10.1. The minimum atomic E-state index is -1.43. The van der Waals surface area contributed by atoms with E-state index in [0.717, 1.165) is 0 Å². The summed E-state index contributed by atoms with van der Waals surface area (Å²) in [5.74, 6) is -0.476. The molecule has 1 aromatic carbocycles. The molecule has 100 valence electrons. The Kier molecular flexibility index (Phi) is 3.62. The Morgan fingerprint density at radius 1 is 1.37 bits per heavy atom. The number of hydrogen-bond acceptors (Lipinski definition) is 4. The van der Waals surface area contributed by atoms with E-state index in [9.17, 15) is 9.59 Å². The van der Waals surface area contributed by atoms with Crippen molar-refractivity contribution in [1.82, 2.24) is 4.98 Å². The number of hydrogen-bond donors (Lipinski definition) is 2. The monoisotopic (exact) mass is 283 g/mol. The highest BCUT2D eigenvalue weighted by molar-refractivity contribution is 6.34. The zero-order chi connectivity index (χ0) is 14.0. The Morgan fingerprint density at radius 3 is 2.74 bits per heavy atom. The lowest BCUT2D eigenvalue weighted by molar-refractivity contribution is 0.0526. The fraction of sp³-hybridized carbons (Fsp3) is 0.167. The van der Waals surface area contributed by atoms with E-state index < -0.39 is 12.1 Å². The van der Waals surface area contributed by atoms with Crippen molar-refractivity contribution >= 4 is 34.6 Å². The van der Waals surface area contributed by atoms with Crippen LogP contribution in [0.3, 0.4) is 0 Å². The van der Waals surface area contributed by atoms with E-state index in [1.165, 1.54) is 18.2 Å². The Labute approximate surface area is 112 Å². The minimum absolute atomic E-state index is 0.0552. The third-order valence-corrected chi connectivity index (χ3v) is 2.69. The summed E-state index contributed by atoms with van der Waals surface area (Å²) in [6, 6.07) is 4.49. The number of aromatic amines is 1. The van der Waals surface area contributed by atoms with Crippen LogP contribution < -0.4 is 4.74 Å². The number of nitrogens with one attached hydrogen (secondary N) is 1. The SMILES string of the molecule is CCOC(=O)c1cc2cc(OC(=O)O)[nH]c2cc1Cl. The molecule has 1 heterocycles. The molecule has 1 aromatic heterocycles. The van der Waals surface area contributed by atoms with Crippen LogP contribution in [0.2, 0.25) is 5.02 Å². The van der Waals surface area contributed by atoms with Crippen molar-refractivity contribution in [2.75, 3.05) is 6.61 Å². The second kappa shape index (κ2) is 5.19. The van der Waals surface area contributed by atoms with Gasteiger partial charge >= 0.3 is 12.1 Å². The van der Waals surface area contributed by atoms with Crippen LogP contribution in [0.4, 0.5) is 4.79 Å². The number of aromatic nitrogens is 1. The zero-order valence-electron chi connectivity index (χ0n) is 9.90. The van der Waals surface area contributed by atoms with Gasteiger partial charge in [0.2, 0.25) is 5.88 Å². The normalized spacial score (nSPS) is 10.4. The van der Waals surface area contributed by atoms with Crippen molar-refractivity contribution in [1.29, 1.82) is 0 Å². The van der Waals surface area contributed by atoms with Gasteiger partial charge in [0.1, 0.15) is 0 Å². The first-order chi connectivity index (χ1) is 9.01. The van der Waals surface area contributed by atoms with Crippen molar-refractivity contribution in [3.63, 3.8) is 0 Å². The fourth-order valence-corrected chi connectivity index (χ4v) is 1.88. The first-order valence-corrected chi connectivity index (χ1v) is 5.79. The van der Waals surface area contributed by atoms with Crippen LogP contribution in [-0.4, -0.2) is 28.8 Å². The molecule has 2 N–H and O–H groups in total. The number of halogens is 1. The van der Waals surface area contributed by atoms with Gasteiger partial charge in [-0.1, -0.05) is 11.6 Å². The number of carbonyl (C=O) groups is 2. The van der Waals surface area contributed by atoms with Gasteiger partial charge in [0.05, 0.1) is 17.2 Å². The molecule has 7 heteroatoms. The lowest BCUT2D eigenvalue weighted by Gasteiger charge is -2.03. The molecule has 2 rings (SSSR count). The molecular weight excluding hydrogens is 274 g/mol. The summed E-state index contributed by atoms with van der Waals surface area (Å²) in [5.41, 5.74) is 0.784. The first-order valence-electron chi connectivity index (χ1n) is 5.41. The molecule has 6 nitrogen and oxygen atoms in total. The van der Waals surface area contributed by atoms with Crippen molar-refractivity contribution in [2.24, 2.45) is 0 Å². The van der Waals surface area contributed by atoms with Crippen molar-refractivity contribution < 1.29 is 24.2 Å². The summed E-state index contributed by atoms with van der Waals surface area (Å²) in [6.07, 6.45) is -1.43. The number of benzene rings is 1. The summed E-state index contributed by atoms with van der Waals surface area (Å²) in [5, 5.41) is 9.33. The van der Waals surface area contributed by atoms with Gasteiger partial charge in [-0.15, -0.1) is 0 Å². The maximum Gasteiger partial charge on any atom is 0.512 e. The van der Waals surface area contributed by atoms with E-state index in [0.29, 0.717) is 10.9 Å². The van der Waals surface area contributed by atoms with Gasteiger partial charge in [0, 0.05) is 17.0 Å². The second-order valence-electron chi connectivity index (χ2n) is 3.64. The van der Waals surface area contributed by atoms with Gasteiger partial charge in [-0.05, 0) is 19.1 Å². The topological polar surface area (TPSA) is 88.6 Å². The standard InChI is InChI=1S/C12H10ClNO5/c1-2-18-11(15)7-3-6-4-10(19-12(16)17)14-9(6)5-8(7)13/h3-5,14H,2H2,1H3,(H,16,17). The molecule has 0 fully saturated rings. The predicted molar refractivity (Wildman–Crippen MR) is 67.9 cm³/mol. The van der Waals surface area contributed by atoms with Gasteiger partial charge in [0.25, 0.3) is 0 Å². The van der Waals surface area contributed by atoms with Gasteiger partial charge in [-0.2, -0.15) is 0 Å². The van der Waals surface area contributed by atoms with Gasteiger partial charge in [-0.3, -0.25) is 0 Å². The summed E-state index contributed by atoms with van der Waals surface area (Å²) < 4.78 is 9.36. The molecule has 0 saturated carbocycles. The smallest absolute Gasteiger partial charge is 0.462 e. The Balaban J connectivity index is 2.43. The van der Waals surface area contributed by atoms with E-state index in [2.05, 4.69) is 9.72 Å². The number of fused-ring (bicyclic) bond motifs is 1. The summed E-state index contributed by atoms with van der Waals surface area (Å²) in [7, 11) is 0. The number of carboxylic acid groups (broad SMARTS) is 1. The summed E-state index contributed by atoms with van der Waals surface area (Å²) in [4.78, 5) is 24.8. The summed E-state index contributed by atoms with van der Waals surface area (Å²) in [6.45, 7) is 1.94. The van der Waals surface area contributed by atoms with Crippen molar-refractivity contribution in [2.45, 2.75) is 6.92 Å². The largest absolute Gasteiger partial charge is 0.512 e. The molecule has 0 unspecified atom stereocenters. The minimum Gasteiger partial charge on any atom is -0.462 e. The molecule has 0 saturated heterocycles. The number of ether oxygens (including phenoxy) is 2. The van der Waals surface area contributed by atoms with E-state index in [1.807, 2.05) is 0 Å². The highest BCUT2D eigenvalue weighted by atomic mass is 35.5. The molecule has 0 bridgehead atoms. The maximum absolute atomic E-state index is 11.7. The zero-order valence-corrected chi connectivity index (χ0v) is 10.7. The van der Waals surface area contributed by atoms with E-state index in [1.54, 1.807) is 6.92 Å². The Hall–Kier alpha value is -2.21. The van der Waals surface area contributed by atoms with E-state index in [4.69, 9.17) is 21.4 Å². The number of rotatable bonds is 3. The van der Waals surface area contributed by atoms with Crippen molar-refractivity contribution in [3.05, 3.63) is 28.8 Å². The number of esters is 1. The first kappa shape index (κ1) is 13.2. The molecule has 19 heavy (non-hydrogen) atoms. The molecule has 0 aliphatic heterocycles. The fourth-order valence-electron chi connectivity index (χ4n) is 1.64. The van der Waals surface area contributed by atoms with Gasteiger partial charge in [0.15, 0.2) is 0 Å². The molecule has 2 aromatic rings. The van der Waals surface area contributed by atoms with Crippen LogP contribution >= 0.6 is 11.6 Å². The molecular formula is C12H10ClNO5. The quantitative estimate of drug-likeness (QED) is 0.845. The molecule has 0 atom stereocenters. The Morgan fingerprint density at radius 2 is 2.11 bits per heavy atom. The highest BCUT2D eigenvalue weighted by Gasteiger charge is 2.15. The lowest BCUT2D eigenvalue weighted by Crippen LogP contribution is -2.05. The van der Waals surface area contributed by atoms with E-state index >= 15 is 0 Å². The highest BCUT2D eigenvalue weighted by Crippen LogP contribution is 2.27. The molecule has 0 radical (unpaired) electrons. The van der Waals surface area contributed by atoms with Crippen molar-refractivity contribution in [3.8, 4) is 5.88 Å². The molecule has 0 amide bonds. The molecule has 0 aliphatic rings. The number of carbonyl (C=O) groups excluding carboxylic acids is 1. The third kappa shape index (κ3) is 2.79. The van der Waals surface area contributed by atoms with E-state index in [-0.39, 0.29) is 23.1 Å². The third-order valence-electron chi connectivity index (χ3n) is 2.38. The average molecular weight is 284 g/mol. The van der Waals surface area contributed by atoms with Crippen LogP contribution in [0.15, 0.2) is 18.2 Å². The predicted octanol–water partition coefficient (Wildman–Crippen LogP) is 3.05. The Bertz CT molecular complexity index is 649.